The molecule has 0 bridgehead atoms. The standard InChI is InChI=1S/C12H18N2O2/c15-10-6-5-9(12(16)14-10)13-11(7-1-2-7)8-3-4-8/h7-9,11,13H,1-6H2,(H,14,15,16). The van der Waals surface area contributed by atoms with Gasteiger partial charge in [0, 0.05) is 12.5 Å². The summed E-state index contributed by atoms with van der Waals surface area (Å²) in [6.07, 6.45) is 6.37. The molecule has 0 aromatic carbocycles. The van der Waals surface area contributed by atoms with Crippen molar-refractivity contribution < 1.29 is 9.59 Å². The number of nitrogens with one attached hydrogen (secondary N) is 2. The zero-order valence-corrected chi connectivity index (χ0v) is 9.37. The molecule has 0 radical (unpaired) electrons. The summed E-state index contributed by atoms with van der Waals surface area (Å²) in [5.41, 5.74) is 0. The zero-order valence-electron chi connectivity index (χ0n) is 9.37. The van der Waals surface area contributed by atoms with Gasteiger partial charge in [-0.3, -0.25) is 14.9 Å². The van der Waals surface area contributed by atoms with E-state index in [1.54, 1.807) is 0 Å². The van der Waals surface area contributed by atoms with Gasteiger partial charge < -0.3 is 5.32 Å². The maximum atomic E-state index is 11.6. The molecule has 4 heteroatoms. The molecule has 0 spiro atoms. The summed E-state index contributed by atoms with van der Waals surface area (Å²) in [6.45, 7) is 0. The molecule has 4 nitrogen and oxygen atoms in total. The van der Waals surface area contributed by atoms with Gasteiger partial charge in [-0.2, -0.15) is 0 Å². The van der Waals surface area contributed by atoms with E-state index in [0.717, 1.165) is 11.8 Å². The van der Waals surface area contributed by atoms with Gasteiger partial charge in [-0.1, -0.05) is 0 Å². The smallest absolute Gasteiger partial charge is 0.243 e. The number of carbonyl (C=O) groups is 2. The van der Waals surface area contributed by atoms with E-state index in [9.17, 15) is 9.59 Å². The maximum Gasteiger partial charge on any atom is 0.243 e. The van der Waals surface area contributed by atoms with Crippen molar-refractivity contribution in [2.24, 2.45) is 11.8 Å². The van der Waals surface area contributed by atoms with E-state index in [0.29, 0.717) is 18.9 Å². The van der Waals surface area contributed by atoms with Crippen LogP contribution >= 0.6 is 0 Å². The first-order valence-electron chi connectivity index (χ1n) is 6.34. The molecule has 2 saturated carbocycles. The highest BCUT2D eigenvalue weighted by molar-refractivity contribution is 6.00. The molecule has 0 aromatic heterocycles. The Bertz CT molecular complexity index is 309. The van der Waals surface area contributed by atoms with Crippen LogP contribution in [0.5, 0.6) is 0 Å². The lowest BCUT2D eigenvalue weighted by Crippen LogP contribution is -2.54. The Morgan fingerprint density at radius 1 is 1.06 bits per heavy atom. The van der Waals surface area contributed by atoms with Crippen LogP contribution in [-0.2, 0) is 9.59 Å². The summed E-state index contributed by atoms with van der Waals surface area (Å²) in [6, 6.07) is 0.396. The number of imide groups is 1. The molecular formula is C12H18N2O2. The molecule has 88 valence electrons. The first-order chi connectivity index (χ1) is 7.74. The van der Waals surface area contributed by atoms with Crippen LogP contribution in [0.25, 0.3) is 0 Å². The number of carbonyl (C=O) groups excluding carboxylic acids is 2. The van der Waals surface area contributed by atoms with Crippen molar-refractivity contribution in [1.82, 2.24) is 10.6 Å². The van der Waals surface area contributed by atoms with Crippen LogP contribution in [0.4, 0.5) is 0 Å². The van der Waals surface area contributed by atoms with Crippen LogP contribution in [0.1, 0.15) is 38.5 Å². The molecular weight excluding hydrogens is 204 g/mol. The maximum absolute atomic E-state index is 11.6. The largest absolute Gasteiger partial charge is 0.302 e. The monoisotopic (exact) mass is 222 g/mol. The van der Waals surface area contributed by atoms with Crippen molar-refractivity contribution in [3.8, 4) is 0 Å². The minimum atomic E-state index is -0.135. The minimum absolute atomic E-state index is 0.123. The average Bonchev–Trinajstić information content (AvgIpc) is 3.11. The Labute approximate surface area is 95.2 Å². The molecule has 2 aliphatic carbocycles. The predicted octanol–water partition coefficient (Wildman–Crippen LogP) is 0.570. The van der Waals surface area contributed by atoms with Crippen molar-refractivity contribution in [2.75, 3.05) is 0 Å². The number of piperidine rings is 1. The van der Waals surface area contributed by atoms with Crippen molar-refractivity contribution in [2.45, 2.75) is 50.6 Å². The fourth-order valence-electron chi connectivity index (χ4n) is 2.65. The fraction of sp³-hybridized carbons (Fsp3) is 0.833. The topological polar surface area (TPSA) is 58.2 Å². The lowest BCUT2D eigenvalue weighted by atomic mass is 10.0. The Balaban J connectivity index is 1.59. The van der Waals surface area contributed by atoms with Crippen LogP contribution in [0.15, 0.2) is 0 Å². The summed E-state index contributed by atoms with van der Waals surface area (Å²) < 4.78 is 0. The van der Waals surface area contributed by atoms with Crippen LogP contribution in [0.2, 0.25) is 0 Å². The molecule has 2 amide bonds. The summed E-state index contributed by atoms with van der Waals surface area (Å²) in [5, 5.41) is 5.90. The molecule has 1 aliphatic heterocycles. The molecule has 1 unspecified atom stereocenters. The van der Waals surface area contributed by atoms with Crippen LogP contribution in [0.3, 0.4) is 0 Å². The number of rotatable bonds is 4. The molecule has 1 heterocycles. The number of hydrogen-bond donors (Lipinski definition) is 2. The third-order valence-electron chi connectivity index (χ3n) is 3.89. The van der Waals surface area contributed by atoms with Crippen molar-refractivity contribution in [3.05, 3.63) is 0 Å². The van der Waals surface area contributed by atoms with E-state index in [-0.39, 0.29) is 17.9 Å². The average molecular weight is 222 g/mol. The molecule has 1 atom stereocenters. The van der Waals surface area contributed by atoms with Crippen molar-refractivity contribution in [1.29, 1.82) is 0 Å². The molecule has 1 saturated heterocycles. The molecule has 3 fully saturated rings. The highest BCUT2D eigenvalue weighted by Gasteiger charge is 2.43. The minimum Gasteiger partial charge on any atom is -0.302 e. The van der Waals surface area contributed by atoms with E-state index in [1.165, 1.54) is 25.7 Å². The molecule has 2 N–H and O–H groups in total. The summed E-state index contributed by atoms with van der Waals surface area (Å²) in [5.74, 6) is 1.33. The van der Waals surface area contributed by atoms with E-state index >= 15 is 0 Å². The van der Waals surface area contributed by atoms with Gasteiger partial charge in [0.05, 0.1) is 6.04 Å². The second-order valence-corrected chi connectivity index (χ2v) is 5.37. The first-order valence-corrected chi connectivity index (χ1v) is 6.34. The van der Waals surface area contributed by atoms with Gasteiger partial charge in [0.15, 0.2) is 0 Å². The van der Waals surface area contributed by atoms with Gasteiger partial charge in [0.2, 0.25) is 11.8 Å². The van der Waals surface area contributed by atoms with Gasteiger partial charge >= 0.3 is 0 Å². The quantitative estimate of drug-likeness (QED) is 0.684. The second-order valence-electron chi connectivity index (χ2n) is 5.37. The van der Waals surface area contributed by atoms with Gasteiger partial charge in [0.25, 0.3) is 0 Å². The number of amides is 2. The zero-order chi connectivity index (χ0) is 11.1. The van der Waals surface area contributed by atoms with E-state index in [1.807, 2.05) is 0 Å². The highest BCUT2D eigenvalue weighted by Crippen LogP contribution is 2.44. The normalized spacial score (nSPS) is 30.7. The van der Waals surface area contributed by atoms with Crippen molar-refractivity contribution in [3.63, 3.8) is 0 Å². The predicted molar refractivity (Wildman–Crippen MR) is 58.5 cm³/mol. The summed E-state index contributed by atoms with van der Waals surface area (Å²) >= 11 is 0. The molecule has 0 aromatic rings. The highest BCUT2D eigenvalue weighted by atomic mass is 16.2. The number of hydrogen-bond acceptors (Lipinski definition) is 3. The Hall–Kier alpha value is -0.900. The Kier molecular flexibility index (Phi) is 2.46. The van der Waals surface area contributed by atoms with Crippen LogP contribution < -0.4 is 10.6 Å². The van der Waals surface area contributed by atoms with E-state index in [4.69, 9.17) is 0 Å². The lowest BCUT2D eigenvalue weighted by molar-refractivity contribution is -0.134. The Morgan fingerprint density at radius 2 is 1.69 bits per heavy atom. The first kappa shape index (κ1) is 10.3. The van der Waals surface area contributed by atoms with Crippen LogP contribution in [-0.4, -0.2) is 23.9 Å². The van der Waals surface area contributed by atoms with E-state index < -0.39 is 0 Å². The van der Waals surface area contributed by atoms with Gasteiger partial charge in [-0.25, -0.2) is 0 Å². The third kappa shape index (κ3) is 2.12. The Morgan fingerprint density at radius 3 is 2.19 bits per heavy atom. The fourth-order valence-corrected chi connectivity index (χ4v) is 2.65. The SMILES string of the molecule is O=C1CCC(NC(C2CC2)C2CC2)C(=O)N1. The third-order valence-corrected chi connectivity index (χ3v) is 3.89. The second kappa shape index (κ2) is 3.84. The van der Waals surface area contributed by atoms with Gasteiger partial charge in [0.1, 0.15) is 0 Å². The summed E-state index contributed by atoms with van der Waals surface area (Å²) in [4.78, 5) is 22.7. The van der Waals surface area contributed by atoms with Gasteiger partial charge in [-0.15, -0.1) is 0 Å². The van der Waals surface area contributed by atoms with Gasteiger partial charge in [-0.05, 0) is 43.9 Å². The van der Waals surface area contributed by atoms with Crippen LogP contribution in [0, 0.1) is 11.8 Å². The molecule has 3 rings (SSSR count). The van der Waals surface area contributed by atoms with Crippen molar-refractivity contribution >= 4 is 11.8 Å². The summed E-state index contributed by atoms with van der Waals surface area (Å²) in [7, 11) is 0. The van der Waals surface area contributed by atoms with E-state index in [2.05, 4.69) is 10.6 Å². The molecule has 16 heavy (non-hydrogen) atoms. The molecule has 3 aliphatic rings. The lowest BCUT2D eigenvalue weighted by Gasteiger charge is -2.27.